The Balaban J connectivity index is 1.72. The highest BCUT2D eigenvalue weighted by atomic mass is 32.1. The van der Waals surface area contributed by atoms with E-state index < -0.39 is 23.9 Å². The summed E-state index contributed by atoms with van der Waals surface area (Å²) in [6.45, 7) is 5.22. The molecule has 9 heteroatoms. The molecule has 1 atom stereocenters. The van der Waals surface area contributed by atoms with Crippen LogP contribution in [0.15, 0.2) is 30.3 Å². The van der Waals surface area contributed by atoms with Crippen molar-refractivity contribution < 1.29 is 19.1 Å². The number of ether oxygens (including phenoxy) is 1. The fraction of sp³-hybridized carbons (Fsp3) is 0.200. The molecule has 0 aliphatic heterocycles. The first kappa shape index (κ1) is 20.3. The van der Waals surface area contributed by atoms with Crippen molar-refractivity contribution in [2.45, 2.75) is 26.9 Å². The van der Waals surface area contributed by atoms with Crippen molar-refractivity contribution in [3.63, 3.8) is 0 Å². The maximum atomic E-state index is 12.6. The SMILES string of the molecule is Cc1cc(C)c2c(N)c(C(=O)OC(C)C(=O)Nc3ccc(C(N)=O)cc3)sc2n1. The van der Waals surface area contributed by atoms with Crippen molar-refractivity contribution in [2.75, 3.05) is 11.1 Å². The number of nitrogens with two attached hydrogens (primary N) is 2. The van der Waals surface area contributed by atoms with Gasteiger partial charge in [-0.05, 0) is 56.7 Å². The molecular weight excluding hydrogens is 392 g/mol. The van der Waals surface area contributed by atoms with Gasteiger partial charge in [-0.1, -0.05) is 0 Å². The molecule has 3 rings (SSSR count). The lowest BCUT2D eigenvalue weighted by atomic mass is 10.1. The number of amides is 2. The number of aryl methyl sites for hydroxylation is 2. The highest BCUT2D eigenvalue weighted by Crippen LogP contribution is 2.35. The van der Waals surface area contributed by atoms with E-state index in [-0.39, 0.29) is 4.88 Å². The normalized spacial score (nSPS) is 11.8. The molecule has 5 N–H and O–H groups in total. The van der Waals surface area contributed by atoms with E-state index in [0.717, 1.165) is 28.0 Å². The van der Waals surface area contributed by atoms with Crippen LogP contribution >= 0.6 is 11.3 Å². The summed E-state index contributed by atoms with van der Waals surface area (Å²) in [6.07, 6.45) is -1.06. The summed E-state index contributed by atoms with van der Waals surface area (Å²) < 4.78 is 5.29. The second-order valence-corrected chi connectivity index (χ2v) is 7.58. The average Bonchev–Trinajstić information content (AvgIpc) is 2.98. The first-order valence-corrected chi connectivity index (χ1v) is 9.57. The van der Waals surface area contributed by atoms with E-state index in [1.54, 1.807) is 0 Å². The number of carbonyl (C=O) groups is 3. The van der Waals surface area contributed by atoms with Crippen LogP contribution in [0.25, 0.3) is 10.2 Å². The first-order chi connectivity index (χ1) is 13.7. The predicted octanol–water partition coefficient (Wildman–Crippen LogP) is 2.78. The second kappa shape index (κ2) is 7.88. The molecular formula is C20H20N4O4S. The Hall–Kier alpha value is -3.46. The van der Waals surface area contributed by atoms with Gasteiger partial charge in [-0.3, -0.25) is 9.59 Å². The molecule has 3 aromatic rings. The minimum absolute atomic E-state index is 0.215. The third-order valence-electron chi connectivity index (χ3n) is 4.30. The lowest BCUT2D eigenvalue weighted by Crippen LogP contribution is -2.30. The van der Waals surface area contributed by atoms with Crippen molar-refractivity contribution in [3.05, 3.63) is 52.0 Å². The average molecular weight is 412 g/mol. The van der Waals surface area contributed by atoms with E-state index in [2.05, 4.69) is 10.3 Å². The number of rotatable bonds is 5. The van der Waals surface area contributed by atoms with E-state index in [4.69, 9.17) is 16.2 Å². The standard InChI is InChI=1S/C20H20N4O4S/c1-9-8-10(2)23-19-14(9)15(21)16(29-19)20(27)28-11(3)18(26)24-13-6-4-12(5-7-13)17(22)25/h4-8,11H,21H2,1-3H3,(H2,22,25)(H,24,26). The summed E-state index contributed by atoms with van der Waals surface area (Å²) in [5.74, 6) is -1.77. The van der Waals surface area contributed by atoms with Crippen molar-refractivity contribution >= 4 is 50.7 Å². The fourth-order valence-electron chi connectivity index (χ4n) is 2.85. The van der Waals surface area contributed by atoms with Crippen LogP contribution < -0.4 is 16.8 Å². The van der Waals surface area contributed by atoms with Gasteiger partial charge in [0.25, 0.3) is 5.91 Å². The number of nitrogens with one attached hydrogen (secondary N) is 1. The van der Waals surface area contributed by atoms with Crippen molar-refractivity contribution in [2.24, 2.45) is 5.73 Å². The number of nitrogens with zero attached hydrogens (tertiary/aromatic N) is 1. The van der Waals surface area contributed by atoms with Crippen LogP contribution in [-0.4, -0.2) is 28.9 Å². The number of carbonyl (C=O) groups excluding carboxylic acids is 3. The summed E-state index contributed by atoms with van der Waals surface area (Å²) in [6, 6.07) is 7.94. The Morgan fingerprint density at radius 1 is 1.17 bits per heavy atom. The Morgan fingerprint density at radius 3 is 2.45 bits per heavy atom. The Bertz CT molecular complexity index is 1120. The molecule has 0 radical (unpaired) electrons. The van der Waals surface area contributed by atoms with Gasteiger partial charge < -0.3 is 21.5 Å². The van der Waals surface area contributed by atoms with E-state index in [1.165, 1.54) is 31.2 Å². The minimum atomic E-state index is -1.06. The smallest absolute Gasteiger partial charge is 0.351 e. The maximum Gasteiger partial charge on any atom is 0.351 e. The minimum Gasteiger partial charge on any atom is -0.448 e. The van der Waals surface area contributed by atoms with Crippen LogP contribution in [0.1, 0.15) is 38.2 Å². The Morgan fingerprint density at radius 2 is 1.83 bits per heavy atom. The maximum absolute atomic E-state index is 12.6. The van der Waals surface area contributed by atoms with Gasteiger partial charge in [-0.25, -0.2) is 9.78 Å². The molecule has 1 aromatic carbocycles. The molecule has 150 valence electrons. The first-order valence-electron chi connectivity index (χ1n) is 8.75. The van der Waals surface area contributed by atoms with Crippen LogP contribution in [0.4, 0.5) is 11.4 Å². The molecule has 29 heavy (non-hydrogen) atoms. The summed E-state index contributed by atoms with van der Waals surface area (Å²) >= 11 is 1.14. The zero-order chi connectivity index (χ0) is 21.3. The van der Waals surface area contributed by atoms with Crippen LogP contribution in [0.5, 0.6) is 0 Å². The lowest BCUT2D eigenvalue weighted by Gasteiger charge is -2.13. The molecule has 0 aliphatic rings. The number of thiophene rings is 1. The van der Waals surface area contributed by atoms with Crippen LogP contribution in [0.2, 0.25) is 0 Å². The third-order valence-corrected chi connectivity index (χ3v) is 5.38. The number of aromatic nitrogens is 1. The molecule has 0 fully saturated rings. The van der Waals surface area contributed by atoms with Crippen LogP contribution in [-0.2, 0) is 9.53 Å². The second-order valence-electron chi connectivity index (χ2n) is 6.58. The molecule has 0 saturated heterocycles. The van der Waals surface area contributed by atoms with Gasteiger partial charge in [0, 0.05) is 22.3 Å². The fourth-order valence-corrected chi connectivity index (χ4v) is 3.95. The molecule has 0 saturated carbocycles. The summed E-state index contributed by atoms with van der Waals surface area (Å²) in [7, 11) is 0. The van der Waals surface area contributed by atoms with Crippen LogP contribution in [0, 0.1) is 13.8 Å². The molecule has 2 aromatic heterocycles. The number of hydrogen-bond acceptors (Lipinski definition) is 7. The number of benzene rings is 1. The van der Waals surface area contributed by atoms with Gasteiger partial charge in [-0.15, -0.1) is 11.3 Å². The number of pyridine rings is 1. The quantitative estimate of drug-likeness (QED) is 0.551. The molecule has 0 spiro atoms. The summed E-state index contributed by atoms with van der Waals surface area (Å²) in [5.41, 5.74) is 14.1. The lowest BCUT2D eigenvalue weighted by molar-refractivity contribution is -0.123. The zero-order valence-corrected chi connectivity index (χ0v) is 16.9. The monoisotopic (exact) mass is 412 g/mol. The number of primary amides is 1. The van der Waals surface area contributed by atoms with Crippen LogP contribution in [0.3, 0.4) is 0 Å². The topological polar surface area (TPSA) is 137 Å². The van der Waals surface area contributed by atoms with Gasteiger partial charge >= 0.3 is 5.97 Å². The van der Waals surface area contributed by atoms with Crippen molar-refractivity contribution in [3.8, 4) is 0 Å². The highest BCUT2D eigenvalue weighted by Gasteiger charge is 2.24. The number of anilines is 2. The number of esters is 1. The summed E-state index contributed by atoms with van der Waals surface area (Å²) in [5, 5.41) is 3.34. The van der Waals surface area contributed by atoms with E-state index in [0.29, 0.717) is 21.8 Å². The highest BCUT2D eigenvalue weighted by molar-refractivity contribution is 7.21. The van der Waals surface area contributed by atoms with Gasteiger partial charge in [0.2, 0.25) is 5.91 Å². The Kier molecular flexibility index (Phi) is 5.51. The van der Waals surface area contributed by atoms with Crippen molar-refractivity contribution in [1.82, 2.24) is 4.98 Å². The van der Waals surface area contributed by atoms with E-state index in [9.17, 15) is 14.4 Å². The largest absolute Gasteiger partial charge is 0.448 e. The molecule has 0 aliphatic carbocycles. The summed E-state index contributed by atoms with van der Waals surface area (Å²) in [4.78, 5) is 41.3. The van der Waals surface area contributed by atoms with Crippen molar-refractivity contribution in [1.29, 1.82) is 0 Å². The van der Waals surface area contributed by atoms with Gasteiger partial charge in [0.15, 0.2) is 6.10 Å². The molecule has 8 nitrogen and oxygen atoms in total. The van der Waals surface area contributed by atoms with E-state index in [1.807, 2.05) is 19.9 Å². The number of nitrogen functional groups attached to an aromatic ring is 1. The Labute approximate surface area is 170 Å². The zero-order valence-electron chi connectivity index (χ0n) is 16.1. The third kappa shape index (κ3) is 4.19. The molecule has 0 bridgehead atoms. The molecule has 1 unspecified atom stereocenters. The molecule has 2 amide bonds. The van der Waals surface area contributed by atoms with Gasteiger partial charge in [0.05, 0.1) is 5.69 Å². The molecule has 2 heterocycles. The number of fused-ring (bicyclic) bond motifs is 1. The van der Waals surface area contributed by atoms with Gasteiger partial charge in [-0.2, -0.15) is 0 Å². The van der Waals surface area contributed by atoms with Gasteiger partial charge in [0.1, 0.15) is 9.71 Å². The van der Waals surface area contributed by atoms with E-state index >= 15 is 0 Å². The predicted molar refractivity (Wildman–Crippen MR) is 112 cm³/mol. The number of hydrogen-bond donors (Lipinski definition) is 3.